The van der Waals surface area contributed by atoms with E-state index < -0.39 is 42.6 Å². The molecular weight excluding hydrogens is 552 g/mol. The zero-order chi connectivity index (χ0) is 30.0. The molecule has 1 fully saturated rings. The van der Waals surface area contributed by atoms with E-state index in [1.54, 1.807) is 92.0 Å². The summed E-state index contributed by atoms with van der Waals surface area (Å²) in [7, 11) is 1.55. The van der Waals surface area contributed by atoms with Crippen LogP contribution in [0.4, 0.5) is 0 Å². The molecule has 5 atom stereocenters. The van der Waals surface area contributed by atoms with Crippen molar-refractivity contribution in [1.29, 1.82) is 0 Å². The van der Waals surface area contributed by atoms with E-state index in [0.29, 0.717) is 11.5 Å². The third-order valence-corrected chi connectivity index (χ3v) is 6.83. The lowest BCUT2D eigenvalue weighted by Gasteiger charge is -2.43. The van der Waals surface area contributed by atoms with Gasteiger partial charge < -0.3 is 33.5 Å². The van der Waals surface area contributed by atoms with Crippen molar-refractivity contribution < 1.29 is 43.1 Å². The molecule has 1 aliphatic heterocycles. The first-order chi connectivity index (χ1) is 21.0. The van der Waals surface area contributed by atoms with Crippen LogP contribution in [0.25, 0.3) is 0 Å². The molecule has 0 saturated carbocycles. The van der Waals surface area contributed by atoms with Gasteiger partial charge in [-0.25, -0.2) is 9.59 Å². The second-order valence-electron chi connectivity index (χ2n) is 9.80. The number of hydrogen-bond acceptors (Lipinski definition) is 9. The number of aliphatic hydroxyl groups excluding tert-OH is 1. The summed E-state index contributed by atoms with van der Waals surface area (Å²) in [6.45, 7) is 0.204. The van der Waals surface area contributed by atoms with E-state index in [2.05, 4.69) is 0 Å². The Morgan fingerprint density at radius 1 is 0.698 bits per heavy atom. The summed E-state index contributed by atoms with van der Waals surface area (Å²) in [6, 6.07) is 32.9. The maximum Gasteiger partial charge on any atom is 0.338 e. The molecule has 9 heteroatoms. The second-order valence-corrected chi connectivity index (χ2v) is 9.80. The van der Waals surface area contributed by atoms with Gasteiger partial charge in [0.1, 0.15) is 23.7 Å². The molecule has 0 radical (unpaired) electrons. The van der Waals surface area contributed by atoms with E-state index >= 15 is 0 Å². The number of benzene rings is 4. The fraction of sp³-hybridized carbons (Fsp3) is 0.235. The number of esters is 2. The van der Waals surface area contributed by atoms with Gasteiger partial charge in [0.2, 0.25) is 12.4 Å². The van der Waals surface area contributed by atoms with E-state index in [0.717, 1.165) is 5.56 Å². The van der Waals surface area contributed by atoms with Crippen LogP contribution in [0.1, 0.15) is 26.3 Å². The average Bonchev–Trinajstić information content (AvgIpc) is 3.06. The SMILES string of the molecule is COc1ccc(O[C@@H]2O[C@H](COCc3ccccc3)[C@H](O)[C@H](OC(=O)c3ccccc3)[C@H]2OC(=O)c2ccccc2)cc1. The van der Waals surface area contributed by atoms with Gasteiger partial charge in [0, 0.05) is 0 Å². The van der Waals surface area contributed by atoms with Crippen molar-refractivity contribution in [2.45, 2.75) is 37.3 Å². The predicted molar refractivity (Wildman–Crippen MR) is 156 cm³/mol. The first-order valence-electron chi connectivity index (χ1n) is 13.8. The predicted octanol–water partition coefficient (Wildman–Crippen LogP) is 4.83. The van der Waals surface area contributed by atoms with Crippen LogP contribution in [0.2, 0.25) is 0 Å². The number of carbonyl (C=O) groups excluding carboxylic acids is 2. The minimum Gasteiger partial charge on any atom is -0.497 e. The van der Waals surface area contributed by atoms with Crippen molar-refractivity contribution in [3.8, 4) is 11.5 Å². The number of aliphatic hydroxyl groups is 1. The Balaban J connectivity index is 1.44. The Hall–Kier alpha value is -4.70. The molecule has 1 saturated heterocycles. The quantitative estimate of drug-likeness (QED) is 0.248. The molecule has 0 unspecified atom stereocenters. The zero-order valence-electron chi connectivity index (χ0n) is 23.5. The first-order valence-corrected chi connectivity index (χ1v) is 13.8. The summed E-state index contributed by atoms with van der Waals surface area (Å²) in [5.41, 5.74) is 1.46. The van der Waals surface area contributed by atoms with Crippen molar-refractivity contribution in [3.05, 3.63) is 132 Å². The van der Waals surface area contributed by atoms with Gasteiger partial charge in [-0.05, 0) is 54.1 Å². The standard InChI is InChI=1S/C34H32O9/c1-38-26-17-19-27(20-18-26)40-34-31(43-33(37)25-15-9-4-10-16-25)30(42-32(36)24-13-7-3-8-14-24)29(35)28(41-34)22-39-21-23-11-5-2-6-12-23/h2-20,28-31,34-35H,21-22H2,1H3/t28-,29+,30+,31-,34-/m1/s1. The highest BCUT2D eigenvalue weighted by molar-refractivity contribution is 5.90. The molecule has 0 amide bonds. The van der Waals surface area contributed by atoms with Crippen LogP contribution in [0.15, 0.2) is 115 Å². The van der Waals surface area contributed by atoms with Crippen LogP contribution in [0.3, 0.4) is 0 Å². The average molecular weight is 585 g/mol. The van der Waals surface area contributed by atoms with Crippen molar-refractivity contribution in [1.82, 2.24) is 0 Å². The van der Waals surface area contributed by atoms with Crippen LogP contribution in [-0.4, -0.2) is 61.5 Å². The van der Waals surface area contributed by atoms with Gasteiger partial charge in [-0.2, -0.15) is 0 Å². The molecule has 9 nitrogen and oxygen atoms in total. The maximum atomic E-state index is 13.2. The van der Waals surface area contributed by atoms with Crippen molar-refractivity contribution >= 4 is 11.9 Å². The molecule has 43 heavy (non-hydrogen) atoms. The summed E-state index contributed by atoms with van der Waals surface area (Å²) in [5, 5.41) is 11.5. The fourth-order valence-corrected chi connectivity index (χ4v) is 4.57. The minimum absolute atomic E-state index is 0.0583. The third kappa shape index (κ3) is 7.78. The van der Waals surface area contributed by atoms with Gasteiger partial charge in [-0.1, -0.05) is 66.7 Å². The third-order valence-electron chi connectivity index (χ3n) is 6.83. The lowest BCUT2D eigenvalue weighted by atomic mass is 9.98. The molecule has 0 spiro atoms. The monoisotopic (exact) mass is 584 g/mol. The zero-order valence-corrected chi connectivity index (χ0v) is 23.5. The molecule has 4 aromatic rings. The first kappa shape index (κ1) is 29.8. The largest absolute Gasteiger partial charge is 0.497 e. The molecular formula is C34H32O9. The van der Waals surface area contributed by atoms with Gasteiger partial charge in [0.15, 0.2) is 6.10 Å². The van der Waals surface area contributed by atoms with E-state index in [1.807, 2.05) is 30.3 Å². The highest BCUT2D eigenvalue weighted by Crippen LogP contribution is 2.31. The molecule has 0 aliphatic carbocycles. The topological polar surface area (TPSA) is 110 Å². The molecule has 222 valence electrons. The van der Waals surface area contributed by atoms with E-state index in [-0.39, 0.29) is 24.3 Å². The molecule has 5 rings (SSSR count). The summed E-state index contributed by atoms with van der Waals surface area (Å²) < 4.78 is 35.1. The van der Waals surface area contributed by atoms with Gasteiger partial charge >= 0.3 is 11.9 Å². The summed E-state index contributed by atoms with van der Waals surface area (Å²) in [6.07, 6.45) is -6.39. The van der Waals surface area contributed by atoms with E-state index in [9.17, 15) is 14.7 Å². The molecule has 0 aromatic heterocycles. The molecule has 0 bridgehead atoms. The van der Waals surface area contributed by atoms with Crippen molar-refractivity contribution in [2.24, 2.45) is 0 Å². The van der Waals surface area contributed by atoms with Gasteiger partial charge in [0.05, 0.1) is 31.5 Å². The van der Waals surface area contributed by atoms with Crippen LogP contribution in [0.5, 0.6) is 11.5 Å². The Morgan fingerprint density at radius 2 is 1.21 bits per heavy atom. The number of hydrogen-bond donors (Lipinski definition) is 1. The Morgan fingerprint density at radius 3 is 1.77 bits per heavy atom. The number of ether oxygens (including phenoxy) is 6. The smallest absolute Gasteiger partial charge is 0.338 e. The number of methoxy groups -OCH3 is 1. The lowest BCUT2D eigenvalue weighted by Crippen LogP contribution is -2.62. The van der Waals surface area contributed by atoms with Crippen LogP contribution in [0, 0.1) is 0 Å². The highest BCUT2D eigenvalue weighted by Gasteiger charge is 2.51. The Labute approximate surface area is 249 Å². The van der Waals surface area contributed by atoms with Crippen LogP contribution in [-0.2, 0) is 25.6 Å². The van der Waals surface area contributed by atoms with E-state index in [1.165, 1.54) is 0 Å². The van der Waals surface area contributed by atoms with Gasteiger partial charge in [-0.3, -0.25) is 0 Å². The minimum atomic E-state index is -1.42. The normalized spacial score (nSPS) is 21.4. The molecule has 1 N–H and O–H groups in total. The van der Waals surface area contributed by atoms with Gasteiger partial charge in [0.25, 0.3) is 0 Å². The summed E-state index contributed by atoms with van der Waals surface area (Å²) >= 11 is 0. The number of rotatable bonds is 11. The van der Waals surface area contributed by atoms with E-state index in [4.69, 9.17) is 28.4 Å². The Bertz CT molecular complexity index is 1450. The number of carbonyl (C=O) groups is 2. The summed E-state index contributed by atoms with van der Waals surface area (Å²) in [4.78, 5) is 26.4. The molecule has 1 heterocycles. The van der Waals surface area contributed by atoms with Crippen LogP contribution < -0.4 is 9.47 Å². The second kappa shape index (κ2) is 14.5. The summed E-state index contributed by atoms with van der Waals surface area (Å²) in [5.74, 6) is -0.426. The molecule has 1 aliphatic rings. The van der Waals surface area contributed by atoms with Crippen LogP contribution >= 0.6 is 0 Å². The lowest BCUT2D eigenvalue weighted by molar-refractivity contribution is -0.278. The van der Waals surface area contributed by atoms with Crippen molar-refractivity contribution in [3.63, 3.8) is 0 Å². The highest BCUT2D eigenvalue weighted by atomic mass is 16.7. The van der Waals surface area contributed by atoms with Crippen molar-refractivity contribution in [2.75, 3.05) is 13.7 Å². The van der Waals surface area contributed by atoms with Gasteiger partial charge in [-0.15, -0.1) is 0 Å². The maximum absolute atomic E-state index is 13.2. The fourth-order valence-electron chi connectivity index (χ4n) is 4.57. The molecule has 4 aromatic carbocycles. The Kier molecular flexibility index (Phi) is 10.0.